The molecular formula is C14H24N4O. The number of hydrogen-bond donors (Lipinski definition) is 0. The fourth-order valence-electron chi connectivity index (χ4n) is 2.60. The first kappa shape index (κ1) is 14.2. The molecule has 106 valence electrons. The molecule has 19 heavy (non-hydrogen) atoms. The number of aromatic nitrogens is 2. The maximum atomic E-state index is 5.13. The van der Waals surface area contributed by atoms with E-state index in [1.165, 1.54) is 13.0 Å². The maximum absolute atomic E-state index is 5.13. The van der Waals surface area contributed by atoms with E-state index in [-0.39, 0.29) is 0 Å². The van der Waals surface area contributed by atoms with Crippen molar-refractivity contribution in [1.29, 1.82) is 0 Å². The van der Waals surface area contributed by atoms with Crippen LogP contribution in [0.2, 0.25) is 0 Å². The minimum absolute atomic E-state index is 0.712. The zero-order valence-corrected chi connectivity index (χ0v) is 12.2. The summed E-state index contributed by atoms with van der Waals surface area (Å²) in [5.74, 6) is 1.68. The van der Waals surface area contributed by atoms with Crippen LogP contribution in [-0.4, -0.2) is 61.8 Å². The molecule has 0 bridgehead atoms. The number of methoxy groups -OCH3 is 1. The van der Waals surface area contributed by atoms with Gasteiger partial charge in [0.1, 0.15) is 5.82 Å². The van der Waals surface area contributed by atoms with Crippen molar-refractivity contribution < 1.29 is 4.74 Å². The van der Waals surface area contributed by atoms with E-state index in [1.807, 2.05) is 13.1 Å². The van der Waals surface area contributed by atoms with Crippen LogP contribution in [0.15, 0.2) is 12.4 Å². The first-order valence-electron chi connectivity index (χ1n) is 6.90. The summed E-state index contributed by atoms with van der Waals surface area (Å²) in [6.07, 6.45) is 4.89. The molecule has 1 unspecified atom stereocenters. The van der Waals surface area contributed by atoms with Gasteiger partial charge in [-0.25, -0.2) is 4.98 Å². The molecule has 0 N–H and O–H groups in total. The number of nitrogens with zero attached hydrogens (tertiary/aromatic N) is 4. The Morgan fingerprint density at radius 2 is 2.32 bits per heavy atom. The molecule has 1 atom stereocenters. The predicted molar refractivity (Wildman–Crippen MR) is 76.5 cm³/mol. The van der Waals surface area contributed by atoms with Crippen molar-refractivity contribution in [3.8, 4) is 0 Å². The summed E-state index contributed by atoms with van der Waals surface area (Å²) < 4.78 is 5.13. The average Bonchev–Trinajstić information content (AvgIpc) is 2.84. The van der Waals surface area contributed by atoms with Gasteiger partial charge < -0.3 is 14.5 Å². The SMILES string of the molecule is COCCN1CCC(CN(C)c2cncc(C)n2)C1. The highest BCUT2D eigenvalue weighted by Gasteiger charge is 2.23. The number of anilines is 1. The summed E-state index contributed by atoms with van der Waals surface area (Å²) in [5.41, 5.74) is 0.970. The standard InChI is InChI=1S/C14H24N4O/c1-12-8-15-9-14(16-12)17(2)10-13-4-5-18(11-13)6-7-19-3/h8-9,13H,4-7,10-11H2,1-3H3. The average molecular weight is 264 g/mol. The summed E-state index contributed by atoms with van der Waals surface area (Å²) in [7, 11) is 3.86. The summed E-state index contributed by atoms with van der Waals surface area (Å²) in [4.78, 5) is 13.4. The molecule has 5 nitrogen and oxygen atoms in total. The highest BCUT2D eigenvalue weighted by Crippen LogP contribution is 2.19. The lowest BCUT2D eigenvalue weighted by atomic mass is 10.1. The highest BCUT2D eigenvalue weighted by molar-refractivity contribution is 5.34. The van der Waals surface area contributed by atoms with Crippen molar-refractivity contribution in [3.63, 3.8) is 0 Å². The minimum atomic E-state index is 0.712. The first-order valence-corrected chi connectivity index (χ1v) is 6.90. The van der Waals surface area contributed by atoms with Gasteiger partial charge in [-0.3, -0.25) is 4.98 Å². The van der Waals surface area contributed by atoms with Crippen LogP contribution in [0.1, 0.15) is 12.1 Å². The zero-order chi connectivity index (χ0) is 13.7. The molecule has 1 aliphatic heterocycles. The smallest absolute Gasteiger partial charge is 0.147 e. The molecule has 0 saturated carbocycles. The van der Waals surface area contributed by atoms with E-state index in [9.17, 15) is 0 Å². The molecule has 1 aromatic rings. The van der Waals surface area contributed by atoms with Crippen molar-refractivity contribution >= 4 is 5.82 Å². The maximum Gasteiger partial charge on any atom is 0.147 e. The van der Waals surface area contributed by atoms with Crippen LogP contribution in [0.3, 0.4) is 0 Å². The van der Waals surface area contributed by atoms with Gasteiger partial charge in [-0.15, -0.1) is 0 Å². The minimum Gasteiger partial charge on any atom is -0.383 e. The summed E-state index contributed by atoms with van der Waals surface area (Å²) >= 11 is 0. The second-order valence-electron chi connectivity index (χ2n) is 5.35. The Balaban J connectivity index is 1.82. The van der Waals surface area contributed by atoms with Crippen LogP contribution in [0.5, 0.6) is 0 Å². The normalized spacial score (nSPS) is 19.8. The molecule has 2 heterocycles. The van der Waals surface area contributed by atoms with E-state index in [4.69, 9.17) is 4.74 Å². The monoisotopic (exact) mass is 264 g/mol. The van der Waals surface area contributed by atoms with Crippen molar-refractivity contribution in [2.75, 3.05) is 51.8 Å². The Labute approximate surface area is 115 Å². The van der Waals surface area contributed by atoms with Crippen LogP contribution in [0.25, 0.3) is 0 Å². The first-order chi connectivity index (χ1) is 9.19. The highest BCUT2D eigenvalue weighted by atomic mass is 16.5. The number of rotatable bonds is 6. The summed E-state index contributed by atoms with van der Waals surface area (Å²) in [6, 6.07) is 0. The molecule has 0 aromatic carbocycles. The van der Waals surface area contributed by atoms with Gasteiger partial charge in [0, 0.05) is 40.0 Å². The van der Waals surface area contributed by atoms with Crippen molar-refractivity contribution in [3.05, 3.63) is 18.1 Å². The lowest BCUT2D eigenvalue weighted by Gasteiger charge is -2.22. The Morgan fingerprint density at radius 1 is 1.47 bits per heavy atom. The molecular weight excluding hydrogens is 240 g/mol. The van der Waals surface area contributed by atoms with Gasteiger partial charge in [0.15, 0.2) is 0 Å². The van der Waals surface area contributed by atoms with E-state index in [2.05, 4.69) is 26.8 Å². The Bertz CT molecular complexity index is 399. The van der Waals surface area contributed by atoms with Crippen molar-refractivity contribution in [2.45, 2.75) is 13.3 Å². The van der Waals surface area contributed by atoms with Crippen LogP contribution in [-0.2, 0) is 4.74 Å². The molecule has 0 radical (unpaired) electrons. The molecule has 1 aromatic heterocycles. The van der Waals surface area contributed by atoms with Gasteiger partial charge in [-0.2, -0.15) is 0 Å². The van der Waals surface area contributed by atoms with Crippen LogP contribution < -0.4 is 4.90 Å². The van der Waals surface area contributed by atoms with E-state index in [0.717, 1.165) is 37.8 Å². The predicted octanol–water partition coefficient (Wildman–Crippen LogP) is 1.19. The van der Waals surface area contributed by atoms with Gasteiger partial charge in [0.2, 0.25) is 0 Å². The molecule has 1 saturated heterocycles. The van der Waals surface area contributed by atoms with E-state index >= 15 is 0 Å². The number of likely N-dealkylation sites (tertiary alicyclic amines) is 1. The molecule has 5 heteroatoms. The quantitative estimate of drug-likeness (QED) is 0.772. The van der Waals surface area contributed by atoms with Gasteiger partial charge in [0.05, 0.1) is 18.5 Å². The van der Waals surface area contributed by atoms with Gasteiger partial charge in [-0.1, -0.05) is 0 Å². The summed E-state index contributed by atoms with van der Waals surface area (Å²) in [5, 5.41) is 0. The molecule has 0 spiro atoms. The molecule has 2 rings (SSSR count). The van der Waals surface area contributed by atoms with E-state index in [1.54, 1.807) is 13.3 Å². The van der Waals surface area contributed by atoms with Crippen LogP contribution >= 0.6 is 0 Å². The molecule has 1 fully saturated rings. The zero-order valence-electron chi connectivity index (χ0n) is 12.2. The number of aryl methyl sites for hydroxylation is 1. The van der Waals surface area contributed by atoms with Crippen LogP contribution in [0.4, 0.5) is 5.82 Å². The third kappa shape index (κ3) is 4.14. The van der Waals surface area contributed by atoms with Gasteiger partial charge >= 0.3 is 0 Å². The molecule has 1 aliphatic rings. The third-order valence-corrected chi connectivity index (χ3v) is 3.65. The Kier molecular flexibility index (Phi) is 5.10. The summed E-state index contributed by atoms with van der Waals surface area (Å²) in [6.45, 7) is 7.23. The Morgan fingerprint density at radius 3 is 3.05 bits per heavy atom. The van der Waals surface area contributed by atoms with Gasteiger partial charge in [0.25, 0.3) is 0 Å². The van der Waals surface area contributed by atoms with Crippen molar-refractivity contribution in [2.24, 2.45) is 5.92 Å². The second kappa shape index (κ2) is 6.82. The van der Waals surface area contributed by atoms with E-state index in [0.29, 0.717) is 5.92 Å². The lowest BCUT2D eigenvalue weighted by molar-refractivity contribution is 0.159. The lowest BCUT2D eigenvalue weighted by Crippen LogP contribution is -2.30. The molecule has 0 aliphatic carbocycles. The van der Waals surface area contributed by atoms with Gasteiger partial charge in [-0.05, 0) is 25.8 Å². The third-order valence-electron chi connectivity index (χ3n) is 3.65. The topological polar surface area (TPSA) is 41.5 Å². The molecule has 0 amide bonds. The second-order valence-corrected chi connectivity index (χ2v) is 5.35. The van der Waals surface area contributed by atoms with Crippen LogP contribution in [0, 0.1) is 12.8 Å². The Hall–Kier alpha value is -1.20. The van der Waals surface area contributed by atoms with Crippen molar-refractivity contribution in [1.82, 2.24) is 14.9 Å². The largest absolute Gasteiger partial charge is 0.383 e. The van der Waals surface area contributed by atoms with E-state index < -0.39 is 0 Å². The fourth-order valence-corrected chi connectivity index (χ4v) is 2.60. The number of ether oxygens (including phenoxy) is 1. The fraction of sp³-hybridized carbons (Fsp3) is 0.714. The number of hydrogen-bond acceptors (Lipinski definition) is 5.